The number of hydrogen-bond donors (Lipinski definition) is 2. The molecular formula is C16H20N2O4S. The fourth-order valence-electron chi connectivity index (χ4n) is 2.33. The first-order valence-corrected chi connectivity index (χ1v) is 8.33. The quantitative estimate of drug-likeness (QED) is 0.811. The van der Waals surface area contributed by atoms with E-state index in [0.717, 1.165) is 5.56 Å². The van der Waals surface area contributed by atoms with Gasteiger partial charge >= 0.3 is 5.97 Å². The zero-order valence-electron chi connectivity index (χ0n) is 13.4. The van der Waals surface area contributed by atoms with Crippen molar-refractivity contribution in [1.29, 1.82) is 0 Å². The van der Waals surface area contributed by atoms with Crippen LogP contribution in [0.15, 0.2) is 21.2 Å². The van der Waals surface area contributed by atoms with Crippen molar-refractivity contribution in [3.05, 3.63) is 28.3 Å². The Kier molecular flexibility index (Phi) is 5.20. The highest BCUT2D eigenvalue weighted by Crippen LogP contribution is 2.24. The van der Waals surface area contributed by atoms with Crippen LogP contribution in [0.25, 0.3) is 11.5 Å². The molecule has 0 radical (unpaired) electrons. The number of hydrogen-bond acceptors (Lipinski definition) is 5. The van der Waals surface area contributed by atoms with Crippen molar-refractivity contribution in [2.24, 2.45) is 0 Å². The summed E-state index contributed by atoms with van der Waals surface area (Å²) in [5.74, 6) is -0.380. The van der Waals surface area contributed by atoms with Gasteiger partial charge in [0.15, 0.2) is 0 Å². The van der Waals surface area contributed by atoms with Crippen molar-refractivity contribution in [3.8, 4) is 11.5 Å². The van der Waals surface area contributed by atoms with Crippen molar-refractivity contribution < 1.29 is 19.1 Å². The molecule has 23 heavy (non-hydrogen) atoms. The van der Waals surface area contributed by atoms with E-state index in [9.17, 15) is 14.7 Å². The van der Waals surface area contributed by atoms with E-state index in [1.165, 1.54) is 18.3 Å². The third kappa shape index (κ3) is 3.98. The fraction of sp³-hybridized carbons (Fsp3) is 0.438. The van der Waals surface area contributed by atoms with Crippen molar-refractivity contribution in [3.63, 3.8) is 0 Å². The van der Waals surface area contributed by atoms with Crippen LogP contribution in [-0.4, -0.2) is 27.5 Å². The van der Waals surface area contributed by atoms with Gasteiger partial charge in [0.05, 0.1) is 12.1 Å². The fourth-order valence-corrected chi connectivity index (χ4v) is 2.96. The summed E-state index contributed by atoms with van der Waals surface area (Å²) >= 11 is 1.54. The highest BCUT2D eigenvalue weighted by Gasteiger charge is 2.34. The second-order valence-electron chi connectivity index (χ2n) is 5.65. The number of nitrogens with zero attached hydrogens (tertiary/aromatic N) is 1. The second kappa shape index (κ2) is 6.95. The van der Waals surface area contributed by atoms with Gasteiger partial charge in [0, 0.05) is 10.9 Å². The smallest absolute Gasteiger partial charge is 0.329 e. The minimum atomic E-state index is -1.26. The molecule has 0 aliphatic heterocycles. The number of carboxylic acid groups (broad SMARTS) is 1. The van der Waals surface area contributed by atoms with Crippen LogP contribution >= 0.6 is 11.3 Å². The third-order valence-corrected chi connectivity index (χ3v) is 4.31. The molecule has 2 N–H and O–H groups in total. The summed E-state index contributed by atoms with van der Waals surface area (Å²) in [4.78, 5) is 27.9. The first-order chi connectivity index (χ1) is 10.9. The minimum absolute atomic E-state index is 0.00788. The number of aryl methyl sites for hydroxylation is 1. The Morgan fingerprint density at radius 1 is 1.48 bits per heavy atom. The molecule has 1 unspecified atom stereocenters. The Hall–Kier alpha value is -2.15. The predicted molar refractivity (Wildman–Crippen MR) is 87.3 cm³/mol. The van der Waals surface area contributed by atoms with Crippen LogP contribution < -0.4 is 5.32 Å². The van der Waals surface area contributed by atoms with E-state index in [-0.39, 0.29) is 12.3 Å². The molecule has 0 aliphatic carbocycles. The van der Waals surface area contributed by atoms with E-state index >= 15 is 0 Å². The third-order valence-electron chi connectivity index (χ3n) is 3.63. The predicted octanol–water partition coefficient (Wildman–Crippen LogP) is 3.01. The van der Waals surface area contributed by atoms with E-state index in [1.54, 1.807) is 6.92 Å². The summed E-state index contributed by atoms with van der Waals surface area (Å²) in [6, 6.07) is 1.89. The summed E-state index contributed by atoms with van der Waals surface area (Å²) in [6.45, 7) is 5.14. The van der Waals surface area contributed by atoms with Crippen LogP contribution in [0.5, 0.6) is 0 Å². The number of carbonyl (C=O) groups excluding carboxylic acids is 1. The van der Waals surface area contributed by atoms with Gasteiger partial charge in [-0.2, -0.15) is 11.3 Å². The molecule has 1 atom stereocenters. The lowest BCUT2D eigenvalue weighted by atomic mass is 9.96. The maximum Gasteiger partial charge on any atom is 0.329 e. The summed E-state index contributed by atoms with van der Waals surface area (Å²) in [7, 11) is 0. The summed E-state index contributed by atoms with van der Waals surface area (Å²) in [5.41, 5.74) is 0.124. The number of carboxylic acids is 1. The van der Waals surface area contributed by atoms with Crippen molar-refractivity contribution in [2.75, 3.05) is 0 Å². The molecule has 2 rings (SSSR count). The molecule has 0 aromatic carbocycles. The van der Waals surface area contributed by atoms with E-state index in [2.05, 4.69) is 10.3 Å². The van der Waals surface area contributed by atoms with Crippen LogP contribution in [0.2, 0.25) is 0 Å². The Morgan fingerprint density at radius 2 is 2.22 bits per heavy atom. The molecule has 0 fully saturated rings. The second-order valence-corrected chi connectivity index (χ2v) is 6.43. The molecule has 124 valence electrons. The number of nitrogens with one attached hydrogen (secondary N) is 1. The van der Waals surface area contributed by atoms with Gasteiger partial charge < -0.3 is 14.8 Å². The van der Waals surface area contributed by atoms with Gasteiger partial charge in [-0.15, -0.1) is 0 Å². The average Bonchev–Trinajstić information content (AvgIpc) is 3.09. The number of oxazole rings is 1. The number of rotatable bonds is 7. The highest BCUT2D eigenvalue weighted by molar-refractivity contribution is 7.08. The van der Waals surface area contributed by atoms with Crippen LogP contribution in [0.1, 0.15) is 38.1 Å². The summed E-state index contributed by atoms with van der Waals surface area (Å²) < 4.78 is 5.58. The molecule has 0 bridgehead atoms. The Morgan fingerprint density at radius 3 is 2.78 bits per heavy atom. The van der Waals surface area contributed by atoms with Gasteiger partial charge in [-0.1, -0.05) is 13.3 Å². The number of thiophene rings is 1. The molecule has 7 heteroatoms. The first kappa shape index (κ1) is 17.2. The minimum Gasteiger partial charge on any atom is -0.480 e. The zero-order valence-corrected chi connectivity index (χ0v) is 14.2. The van der Waals surface area contributed by atoms with Crippen LogP contribution in [0.4, 0.5) is 0 Å². The van der Waals surface area contributed by atoms with Crippen LogP contribution in [0.3, 0.4) is 0 Å². The Bertz CT molecular complexity index is 693. The van der Waals surface area contributed by atoms with Crippen molar-refractivity contribution >= 4 is 23.2 Å². The lowest BCUT2D eigenvalue weighted by molar-refractivity contribution is -0.147. The average molecular weight is 336 g/mol. The molecule has 6 nitrogen and oxygen atoms in total. The van der Waals surface area contributed by atoms with Gasteiger partial charge in [0.25, 0.3) is 0 Å². The lowest BCUT2D eigenvalue weighted by Crippen LogP contribution is -2.52. The van der Waals surface area contributed by atoms with Crippen molar-refractivity contribution in [2.45, 2.75) is 45.6 Å². The van der Waals surface area contributed by atoms with E-state index in [4.69, 9.17) is 4.42 Å². The summed E-state index contributed by atoms with van der Waals surface area (Å²) in [5, 5.41) is 15.7. The largest absolute Gasteiger partial charge is 0.480 e. The molecule has 2 aromatic heterocycles. The molecule has 0 saturated carbocycles. The molecule has 0 saturated heterocycles. The monoisotopic (exact) mass is 336 g/mol. The summed E-state index contributed by atoms with van der Waals surface area (Å²) in [6.07, 6.45) is 1.02. The molecular weight excluding hydrogens is 316 g/mol. The van der Waals surface area contributed by atoms with Crippen LogP contribution in [-0.2, 0) is 16.0 Å². The first-order valence-electron chi connectivity index (χ1n) is 7.39. The van der Waals surface area contributed by atoms with Gasteiger partial charge in [0.1, 0.15) is 11.3 Å². The maximum atomic E-state index is 12.2. The molecule has 0 spiro atoms. The number of aliphatic carboxylic acids is 1. The number of aromatic nitrogens is 1. The molecule has 1 amide bonds. The van der Waals surface area contributed by atoms with Crippen LogP contribution in [0, 0.1) is 6.92 Å². The lowest BCUT2D eigenvalue weighted by Gasteiger charge is -2.25. The maximum absolute atomic E-state index is 12.2. The van der Waals surface area contributed by atoms with E-state index in [1.807, 2.05) is 23.8 Å². The SMILES string of the molecule is CCCC(C)(NC(=O)Cc1nc(-c2ccsc2)oc1C)C(=O)O. The Balaban J connectivity index is 2.10. The number of carbonyl (C=O) groups is 2. The van der Waals surface area contributed by atoms with Gasteiger partial charge in [-0.3, -0.25) is 4.79 Å². The normalized spacial score (nSPS) is 13.5. The standard InChI is InChI=1S/C16H20N2O4S/c1-4-6-16(3,15(20)21)18-13(19)8-12-10(2)22-14(17-12)11-5-7-23-9-11/h5,7,9H,4,6,8H2,1-3H3,(H,18,19)(H,20,21). The van der Waals surface area contributed by atoms with Gasteiger partial charge in [-0.25, -0.2) is 9.78 Å². The van der Waals surface area contributed by atoms with Gasteiger partial charge in [0.2, 0.25) is 11.8 Å². The molecule has 0 aliphatic rings. The van der Waals surface area contributed by atoms with Gasteiger partial charge in [-0.05, 0) is 31.7 Å². The van der Waals surface area contributed by atoms with E-state index < -0.39 is 11.5 Å². The van der Waals surface area contributed by atoms with Crippen molar-refractivity contribution in [1.82, 2.24) is 10.3 Å². The molecule has 2 aromatic rings. The number of amides is 1. The topological polar surface area (TPSA) is 92.4 Å². The highest BCUT2D eigenvalue weighted by atomic mass is 32.1. The van der Waals surface area contributed by atoms with E-state index in [0.29, 0.717) is 30.2 Å². The Labute approximate surface area is 138 Å². The molecule has 2 heterocycles. The zero-order chi connectivity index (χ0) is 17.0.